The zero-order valence-electron chi connectivity index (χ0n) is 18.6. The number of carbonyl (C=O) groups is 1. The molecule has 1 saturated carbocycles. The van der Waals surface area contributed by atoms with Crippen LogP contribution in [0.4, 0.5) is 5.69 Å². The molecule has 0 bridgehead atoms. The maximum Gasteiger partial charge on any atom is 0.172 e. The minimum atomic E-state index is -0.187. The first-order chi connectivity index (χ1) is 15.3. The Kier molecular flexibility index (Phi) is 5.20. The summed E-state index contributed by atoms with van der Waals surface area (Å²) >= 11 is 3.48. The molecule has 1 heterocycles. The van der Waals surface area contributed by atoms with E-state index >= 15 is 0 Å². The van der Waals surface area contributed by atoms with E-state index in [9.17, 15) is 9.90 Å². The van der Waals surface area contributed by atoms with E-state index in [2.05, 4.69) is 71.5 Å². The highest BCUT2D eigenvalue weighted by atomic mass is 79.9. The van der Waals surface area contributed by atoms with Gasteiger partial charge in [-0.15, -0.1) is 0 Å². The summed E-state index contributed by atoms with van der Waals surface area (Å²) in [6.45, 7) is 6.75. The fourth-order valence-electron chi connectivity index (χ4n) is 5.72. The van der Waals surface area contributed by atoms with Crippen molar-refractivity contribution in [1.82, 2.24) is 0 Å². The molecule has 3 aromatic rings. The molecule has 0 spiro atoms. The van der Waals surface area contributed by atoms with Crippen LogP contribution in [0.15, 0.2) is 53.0 Å². The van der Waals surface area contributed by atoms with Gasteiger partial charge in [-0.1, -0.05) is 44.2 Å². The summed E-state index contributed by atoms with van der Waals surface area (Å²) in [6, 6.07) is 16.3. The largest absolute Gasteiger partial charge is 0.503 e. The Hall–Kier alpha value is -2.53. The van der Waals surface area contributed by atoms with Crippen LogP contribution in [-0.2, 0) is 4.79 Å². The number of anilines is 1. The van der Waals surface area contributed by atoms with Crippen molar-refractivity contribution in [1.29, 1.82) is 0 Å². The summed E-state index contributed by atoms with van der Waals surface area (Å²) in [6.07, 6.45) is 1.53. The van der Waals surface area contributed by atoms with Gasteiger partial charge in [-0.25, -0.2) is 0 Å². The molecule has 2 aliphatic rings. The van der Waals surface area contributed by atoms with Gasteiger partial charge in [0.05, 0.1) is 17.1 Å². The monoisotopic (exact) mass is 493 g/mol. The maximum absolute atomic E-state index is 13.6. The quantitative estimate of drug-likeness (QED) is 0.413. The van der Waals surface area contributed by atoms with Gasteiger partial charge in [0.2, 0.25) is 0 Å². The number of phenols is 1. The van der Waals surface area contributed by atoms with Gasteiger partial charge in [0, 0.05) is 18.0 Å². The van der Waals surface area contributed by atoms with E-state index in [1.807, 2.05) is 19.1 Å². The third-order valence-corrected chi connectivity index (χ3v) is 7.56. The zero-order valence-corrected chi connectivity index (χ0v) is 20.2. The van der Waals surface area contributed by atoms with Crippen LogP contribution in [0, 0.1) is 11.3 Å². The molecule has 3 aromatic carbocycles. The number of rotatable bonds is 3. The highest BCUT2D eigenvalue weighted by Crippen LogP contribution is 2.56. The molecule has 0 radical (unpaired) electrons. The van der Waals surface area contributed by atoms with Gasteiger partial charge in [-0.3, -0.25) is 4.79 Å². The second-order valence-electron chi connectivity index (χ2n) is 9.80. The summed E-state index contributed by atoms with van der Waals surface area (Å²) in [7, 11) is 0. The lowest BCUT2D eigenvalue weighted by atomic mass is 9.60. The molecular weight excluding hydrogens is 466 g/mol. The second kappa shape index (κ2) is 7.80. The molecule has 1 fully saturated rings. The molecule has 2 N–H and O–H groups in total. The summed E-state index contributed by atoms with van der Waals surface area (Å²) in [5.74, 6) is 0.770. The van der Waals surface area contributed by atoms with Crippen LogP contribution >= 0.6 is 15.9 Å². The standard InChI is InChI=1S/C27H28BrNO3/c1-4-32-22-12-16(11-19(28)26(22)31)25-24-18(13-27(2,3)14-21(24)30)23-17-8-6-5-7-15(17)9-10-20(23)29-25/h5-12,18,24-25,29,31H,4,13-14H2,1-3H3/t18-,24+,25+/m1/s1. The van der Waals surface area contributed by atoms with E-state index < -0.39 is 0 Å². The molecule has 3 atom stereocenters. The van der Waals surface area contributed by atoms with Crippen molar-refractivity contribution >= 4 is 38.2 Å². The number of phenolic OH excluding ortho intramolecular Hbond substituents is 1. The first-order valence-electron chi connectivity index (χ1n) is 11.2. The smallest absolute Gasteiger partial charge is 0.172 e. The molecule has 1 aliphatic carbocycles. The van der Waals surface area contributed by atoms with Crippen LogP contribution in [0.1, 0.15) is 56.7 Å². The first-order valence-corrected chi connectivity index (χ1v) is 12.0. The molecule has 0 amide bonds. The van der Waals surface area contributed by atoms with Crippen molar-refractivity contribution in [3.63, 3.8) is 0 Å². The Labute approximate surface area is 197 Å². The number of ketones is 1. The van der Waals surface area contributed by atoms with Crippen LogP contribution in [0.5, 0.6) is 11.5 Å². The molecule has 5 rings (SSSR count). The Bertz CT molecular complexity index is 1220. The van der Waals surface area contributed by atoms with E-state index in [1.165, 1.54) is 16.3 Å². The average molecular weight is 494 g/mol. The first kappa shape index (κ1) is 21.3. The molecule has 0 aromatic heterocycles. The van der Waals surface area contributed by atoms with Crippen molar-refractivity contribution < 1.29 is 14.6 Å². The molecule has 0 saturated heterocycles. The average Bonchev–Trinajstić information content (AvgIpc) is 2.75. The van der Waals surface area contributed by atoms with Crippen molar-refractivity contribution in [3.8, 4) is 11.5 Å². The Balaban J connectivity index is 1.70. The van der Waals surface area contributed by atoms with Gasteiger partial charge in [0.25, 0.3) is 0 Å². The Morgan fingerprint density at radius 1 is 1.19 bits per heavy atom. The van der Waals surface area contributed by atoms with Crippen LogP contribution < -0.4 is 10.1 Å². The molecule has 0 unspecified atom stereocenters. The predicted octanol–water partition coefficient (Wildman–Crippen LogP) is 6.96. The maximum atomic E-state index is 13.6. The highest BCUT2D eigenvalue weighted by Gasteiger charge is 2.49. The number of hydrogen-bond acceptors (Lipinski definition) is 4. The number of nitrogens with one attached hydrogen (secondary N) is 1. The second-order valence-corrected chi connectivity index (χ2v) is 10.7. The topological polar surface area (TPSA) is 58.6 Å². The third kappa shape index (κ3) is 3.47. The lowest BCUT2D eigenvalue weighted by Crippen LogP contribution is -2.44. The Morgan fingerprint density at radius 3 is 2.75 bits per heavy atom. The van der Waals surface area contributed by atoms with Gasteiger partial charge in [-0.05, 0) is 80.7 Å². The fourth-order valence-corrected chi connectivity index (χ4v) is 6.18. The van der Waals surface area contributed by atoms with Gasteiger partial charge in [-0.2, -0.15) is 0 Å². The van der Waals surface area contributed by atoms with Crippen molar-refractivity contribution in [2.75, 3.05) is 11.9 Å². The van der Waals surface area contributed by atoms with Gasteiger partial charge in [0.15, 0.2) is 11.5 Å². The minimum Gasteiger partial charge on any atom is -0.503 e. The molecule has 5 heteroatoms. The lowest BCUT2D eigenvalue weighted by Gasteiger charge is -2.47. The van der Waals surface area contributed by atoms with Crippen LogP contribution in [-0.4, -0.2) is 17.5 Å². The number of halogens is 1. The van der Waals surface area contributed by atoms with Crippen molar-refractivity contribution in [2.45, 2.75) is 45.6 Å². The van der Waals surface area contributed by atoms with E-state index in [4.69, 9.17) is 4.74 Å². The molecule has 166 valence electrons. The summed E-state index contributed by atoms with van der Waals surface area (Å²) in [4.78, 5) is 13.6. The van der Waals surface area contributed by atoms with Crippen molar-refractivity contribution in [3.05, 3.63) is 64.1 Å². The minimum absolute atomic E-state index is 0.0413. The summed E-state index contributed by atoms with van der Waals surface area (Å²) in [5, 5.41) is 16.5. The zero-order chi connectivity index (χ0) is 22.6. The highest BCUT2D eigenvalue weighted by molar-refractivity contribution is 9.10. The number of hydrogen-bond donors (Lipinski definition) is 2. The molecule has 32 heavy (non-hydrogen) atoms. The lowest BCUT2D eigenvalue weighted by molar-refractivity contribution is -0.129. The number of fused-ring (bicyclic) bond motifs is 5. The third-order valence-electron chi connectivity index (χ3n) is 6.95. The molecular formula is C27H28BrNO3. The number of benzene rings is 3. The normalized spacial score (nSPS) is 23.9. The predicted molar refractivity (Wildman–Crippen MR) is 132 cm³/mol. The fraction of sp³-hybridized carbons (Fsp3) is 0.370. The molecule has 1 aliphatic heterocycles. The number of aromatic hydroxyl groups is 1. The van der Waals surface area contributed by atoms with Gasteiger partial charge < -0.3 is 15.2 Å². The van der Waals surface area contributed by atoms with Gasteiger partial charge in [0.1, 0.15) is 5.78 Å². The SMILES string of the molecule is CCOc1cc([C@@H]2Nc3ccc4ccccc4c3[C@H]3CC(C)(C)CC(=O)[C@H]32)cc(Br)c1O. The van der Waals surface area contributed by atoms with E-state index in [1.54, 1.807) is 0 Å². The van der Waals surface area contributed by atoms with E-state index in [0.29, 0.717) is 29.0 Å². The van der Waals surface area contributed by atoms with E-state index in [0.717, 1.165) is 17.7 Å². The van der Waals surface area contributed by atoms with Gasteiger partial charge >= 0.3 is 0 Å². The summed E-state index contributed by atoms with van der Waals surface area (Å²) < 4.78 is 6.25. The number of ether oxygens (including phenoxy) is 1. The Morgan fingerprint density at radius 2 is 1.97 bits per heavy atom. The number of carbonyl (C=O) groups excluding carboxylic acids is 1. The molecule has 4 nitrogen and oxygen atoms in total. The number of Topliss-reactive ketones (excluding diaryl/α,β-unsaturated/α-hetero) is 1. The van der Waals surface area contributed by atoms with E-state index in [-0.39, 0.29) is 29.0 Å². The van der Waals surface area contributed by atoms with Crippen LogP contribution in [0.25, 0.3) is 10.8 Å². The van der Waals surface area contributed by atoms with Crippen molar-refractivity contribution in [2.24, 2.45) is 11.3 Å². The summed E-state index contributed by atoms with van der Waals surface area (Å²) in [5.41, 5.74) is 3.25. The van der Waals surface area contributed by atoms with Crippen LogP contribution in [0.2, 0.25) is 0 Å². The van der Waals surface area contributed by atoms with Crippen LogP contribution in [0.3, 0.4) is 0 Å².